The van der Waals surface area contributed by atoms with Crippen LogP contribution in [0.5, 0.6) is 0 Å². The molecule has 8 nitrogen and oxygen atoms in total. The summed E-state index contributed by atoms with van der Waals surface area (Å²) in [5, 5.41) is 11.1. The van der Waals surface area contributed by atoms with E-state index in [0.29, 0.717) is 20.9 Å². The summed E-state index contributed by atoms with van der Waals surface area (Å²) in [6.45, 7) is -0.140. The van der Waals surface area contributed by atoms with Gasteiger partial charge < -0.3 is 9.30 Å². The fourth-order valence-electron chi connectivity index (χ4n) is 2.52. The molecular weight excluding hydrogens is 418 g/mol. The molecule has 3 rings (SSSR count). The monoisotopic (exact) mass is 431 g/mol. The van der Waals surface area contributed by atoms with Gasteiger partial charge in [-0.1, -0.05) is 29.0 Å². The zero-order chi connectivity index (χ0) is 21.0. The molecule has 2 aromatic carbocycles. The summed E-state index contributed by atoms with van der Waals surface area (Å²) in [4.78, 5) is 38.7. The highest BCUT2D eigenvalue weighted by molar-refractivity contribution is 7.16. The minimum atomic E-state index is -0.551. The van der Waals surface area contributed by atoms with Crippen molar-refractivity contribution >= 4 is 56.8 Å². The third-order valence-corrected chi connectivity index (χ3v) is 5.24. The normalized spacial score (nSPS) is 11.9. The van der Waals surface area contributed by atoms with E-state index in [1.807, 2.05) is 6.07 Å². The maximum absolute atomic E-state index is 12.3. The van der Waals surface area contributed by atoms with E-state index in [1.54, 1.807) is 12.1 Å². The number of fused-ring (bicyclic) bond motifs is 1. The number of amides is 1. The highest BCUT2D eigenvalue weighted by Gasteiger charge is 2.13. The Labute approximate surface area is 173 Å². The predicted molar refractivity (Wildman–Crippen MR) is 110 cm³/mol. The number of hydrogen-bond donors (Lipinski definition) is 0. The first kappa shape index (κ1) is 20.4. The Kier molecular flexibility index (Phi) is 6.20. The van der Waals surface area contributed by atoms with Crippen molar-refractivity contribution in [1.29, 1.82) is 0 Å². The number of hydrogen-bond acceptors (Lipinski definition) is 6. The van der Waals surface area contributed by atoms with Gasteiger partial charge in [-0.2, -0.15) is 4.99 Å². The van der Waals surface area contributed by atoms with Gasteiger partial charge in [0.15, 0.2) is 4.80 Å². The number of non-ortho nitro benzene ring substituents is 1. The van der Waals surface area contributed by atoms with E-state index in [1.165, 1.54) is 59.4 Å². The van der Waals surface area contributed by atoms with Gasteiger partial charge in [-0.25, -0.2) is 0 Å². The van der Waals surface area contributed by atoms with Gasteiger partial charge in [0.05, 0.1) is 27.3 Å². The number of rotatable bonds is 5. The van der Waals surface area contributed by atoms with E-state index >= 15 is 0 Å². The maximum atomic E-state index is 12.3. The average Bonchev–Trinajstić information content (AvgIpc) is 3.04. The molecule has 0 atom stereocenters. The standard InChI is InChI=1S/C19H14ClN3O5S/c1-28-17(25)11-22-18-14(20)3-2-4-15(18)29-19(22)21-16(24)10-7-12-5-8-13(9-6-12)23(26)27/h2-10H,11H2,1H3. The molecule has 3 aromatic rings. The lowest BCUT2D eigenvalue weighted by Crippen LogP contribution is -2.22. The highest BCUT2D eigenvalue weighted by Crippen LogP contribution is 2.25. The lowest BCUT2D eigenvalue weighted by atomic mass is 10.2. The Morgan fingerprint density at radius 3 is 2.66 bits per heavy atom. The van der Waals surface area contributed by atoms with Gasteiger partial charge in [-0.3, -0.25) is 19.7 Å². The first-order chi connectivity index (χ1) is 13.9. The third kappa shape index (κ3) is 4.76. The van der Waals surface area contributed by atoms with Crippen LogP contribution in [0, 0.1) is 10.1 Å². The SMILES string of the molecule is COC(=O)Cn1c(=NC(=O)C=Cc2ccc([N+](=O)[O-])cc2)sc2cccc(Cl)c21. The first-order valence-corrected chi connectivity index (χ1v) is 9.44. The number of ether oxygens (including phenoxy) is 1. The third-order valence-electron chi connectivity index (χ3n) is 3.89. The molecule has 1 heterocycles. The van der Waals surface area contributed by atoms with E-state index in [-0.39, 0.29) is 12.2 Å². The second-order valence-corrected chi connectivity index (χ2v) is 7.18. The van der Waals surface area contributed by atoms with Gasteiger partial charge in [-0.15, -0.1) is 0 Å². The van der Waals surface area contributed by atoms with Gasteiger partial charge in [0.1, 0.15) is 6.54 Å². The van der Waals surface area contributed by atoms with Crippen LogP contribution in [-0.4, -0.2) is 28.5 Å². The van der Waals surface area contributed by atoms with Crippen LogP contribution in [-0.2, 0) is 20.9 Å². The van der Waals surface area contributed by atoms with Crippen LogP contribution >= 0.6 is 22.9 Å². The smallest absolute Gasteiger partial charge is 0.325 e. The Hall–Kier alpha value is -3.30. The summed E-state index contributed by atoms with van der Waals surface area (Å²) in [5.41, 5.74) is 1.17. The highest BCUT2D eigenvalue weighted by atomic mass is 35.5. The lowest BCUT2D eigenvalue weighted by Gasteiger charge is -2.04. The Balaban J connectivity index is 1.95. The molecule has 1 amide bonds. The van der Waals surface area contributed by atoms with Crippen molar-refractivity contribution in [3.05, 3.63) is 74.0 Å². The van der Waals surface area contributed by atoms with Crippen LogP contribution in [0.1, 0.15) is 5.56 Å². The molecule has 0 N–H and O–H groups in total. The molecule has 148 valence electrons. The van der Waals surface area contributed by atoms with Crippen molar-refractivity contribution in [2.75, 3.05) is 7.11 Å². The molecule has 0 aliphatic rings. The number of nitro groups is 1. The van der Waals surface area contributed by atoms with Gasteiger partial charge >= 0.3 is 5.97 Å². The van der Waals surface area contributed by atoms with Crippen LogP contribution in [0.2, 0.25) is 5.02 Å². The van der Waals surface area contributed by atoms with Crippen molar-refractivity contribution < 1.29 is 19.2 Å². The largest absolute Gasteiger partial charge is 0.468 e. The number of esters is 1. The number of methoxy groups -OCH3 is 1. The van der Waals surface area contributed by atoms with E-state index < -0.39 is 16.8 Å². The van der Waals surface area contributed by atoms with Crippen molar-refractivity contribution in [1.82, 2.24) is 4.57 Å². The van der Waals surface area contributed by atoms with E-state index in [0.717, 1.165) is 4.70 Å². The van der Waals surface area contributed by atoms with Gasteiger partial charge in [0.25, 0.3) is 11.6 Å². The summed E-state index contributed by atoms with van der Waals surface area (Å²) in [6.07, 6.45) is 2.75. The van der Waals surface area contributed by atoms with Gasteiger partial charge in [-0.05, 0) is 35.9 Å². The number of aromatic nitrogens is 1. The quantitative estimate of drug-likeness (QED) is 0.266. The van der Waals surface area contributed by atoms with Gasteiger partial charge in [0.2, 0.25) is 0 Å². The molecule has 0 saturated heterocycles. The average molecular weight is 432 g/mol. The summed E-state index contributed by atoms with van der Waals surface area (Å²) in [6, 6.07) is 11.0. The van der Waals surface area contributed by atoms with Crippen molar-refractivity contribution in [3.8, 4) is 0 Å². The molecule has 0 bridgehead atoms. The zero-order valence-electron chi connectivity index (χ0n) is 15.1. The van der Waals surface area contributed by atoms with Crippen molar-refractivity contribution in [2.45, 2.75) is 6.54 Å². The molecule has 0 aliphatic heterocycles. The Bertz CT molecular complexity index is 1190. The van der Waals surface area contributed by atoms with Crippen LogP contribution in [0.4, 0.5) is 5.69 Å². The van der Waals surface area contributed by atoms with Crippen LogP contribution in [0.25, 0.3) is 16.3 Å². The van der Waals surface area contributed by atoms with Crippen LogP contribution in [0.15, 0.2) is 53.5 Å². The second kappa shape index (κ2) is 8.80. The van der Waals surface area contributed by atoms with E-state index in [4.69, 9.17) is 16.3 Å². The summed E-state index contributed by atoms with van der Waals surface area (Å²) < 4.78 is 7.02. The summed E-state index contributed by atoms with van der Waals surface area (Å²) >= 11 is 7.48. The second-order valence-electron chi connectivity index (χ2n) is 5.77. The molecule has 10 heteroatoms. The Morgan fingerprint density at radius 1 is 1.28 bits per heavy atom. The summed E-state index contributed by atoms with van der Waals surface area (Å²) in [5.74, 6) is -1.05. The molecule has 0 unspecified atom stereocenters. The maximum Gasteiger partial charge on any atom is 0.325 e. The predicted octanol–water partition coefficient (Wildman–Crippen LogP) is 3.58. The molecule has 1 aromatic heterocycles. The molecule has 0 radical (unpaired) electrons. The summed E-state index contributed by atoms with van der Waals surface area (Å²) in [7, 11) is 1.27. The fraction of sp³-hybridized carbons (Fsp3) is 0.105. The lowest BCUT2D eigenvalue weighted by molar-refractivity contribution is -0.384. The molecule has 0 spiro atoms. The Morgan fingerprint density at radius 2 is 2.00 bits per heavy atom. The molecular formula is C19H14ClN3O5S. The van der Waals surface area contributed by atoms with Crippen LogP contribution in [0.3, 0.4) is 0 Å². The number of nitrogens with zero attached hydrogens (tertiary/aromatic N) is 3. The van der Waals surface area contributed by atoms with Crippen molar-refractivity contribution in [2.24, 2.45) is 4.99 Å². The number of thiazole rings is 1. The van der Waals surface area contributed by atoms with E-state index in [9.17, 15) is 19.7 Å². The molecule has 29 heavy (non-hydrogen) atoms. The number of benzene rings is 2. The number of carbonyl (C=O) groups is 2. The number of nitro benzene ring substituents is 1. The number of para-hydroxylation sites is 1. The molecule has 0 aliphatic carbocycles. The van der Waals surface area contributed by atoms with Gasteiger partial charge in [0, 0.05) is 18.2 Å². The fourth-order valence-corrected chi connectivity index (χ4v) is 3.91. The minimum Gasteiger partial charge on any atom is -0.468 e. The zero-order valence-corrected chi connectivity index (χ0v) is 16.6. The van der Waals surface area contributed by atoms with Crippen molar-refractivity contribution in [3.63, 3.8) is 0 Å². The van der Waals surface area contributed by atoms with Crippen LogP contribution < -0.4 is 4.80 Å². The number of carbonyl (C=O) groups excluding carboxylic acids is 2. The first-order valence-electron chi connectivity index (χ1n) is 8.25. The topological polar surface area (TPSA) is 104 Å². The van der Waals surface area contributed by atoms with E-state index in [2.05, 4.69) is 4.99 Å². The number of halogens is 1. The molecule has 0 saturated carbocycles. The molecule has 0 fully saturated rings. The minimum absolute atomic E-state index is 0.0378.